The van der Waals surface area contributed by atoms with Crippen LogP contribution in [0.5, 0.6) is 0 Å². The van der Waals surface area contributed by atoms with Gasteiger partial charge in [-0.2, -0.15) is 0 Å². The molecule has 5 atom stereocenters. The molecule has 0 saturated heterocycles. The van der Waals surface area contributed by atoms with Crippen molar-refractivity contribution in [2.24, 2.45) is 23.7 Å². The molecule has 0 spiro atoms. The summed E-state index contributed by atoms with van der Waals surface area (Å²) in [5.74, 6) is 2.11. The fraction of sp³-hybridized carbons (Fsp3) is 0.389. The fourth-order valence-electron chi connectivity index (χ4n) is 4.22. The van der Waals surface area contributed by atoms with Gasteiger partial charge in [-0.15, -0.1) is 0 Å². The van der Waals surface area contributed by atoms with Gasteiger partial charge in [-0.3, -0.25) is 4.79 Å². The molecule has 2 heteroatoms. The second-order valence-corrected chi connectivity index (χ2v) is 6.21. The van der Waals surface area contributed by atoms with E-state index in [1.807, 2.05) is 6.07 Å². The third-order valence-electron chi connectivity index (χ3n) is 5.12. The van der Waals surface area contributed by atoms with E-state index in [0.717, 1.165) is 6.54 Å². The first-order chi connectivity index (χ1) is 9.83. The summed E-state index contributed by atoms with van der Waals surface area (Å²) >= 11 is 0. The minimum atomic E-state index is 0.225. The van der Waals surface area contributed by atoms with Gasteiger partial charge >= 0.3 is 0 Å². The monoisotopic (exact) mass is 265 g/mol. The summed E-state index contributed by atoms with van der Waals surface area (Å²) in [5.41, 5.74) is 1.30. The SMILES string of the molecule is O=C1C=C[C@H](NCc2ccccc2)[C@@H]2[C@H]1[C@H]1C=C[C@@H]2C1. The number of carbonyl (C=O) groups excluding carboxylic acids is 1. The molecule has 0 heterocycles. The van der Waals surface area contributed by atoms with E-state index < -0.39 is 0 Å². The Hall–Kier alpha value is -1.67. The summed E-state index contributed by atoms with van der Waals surface area (Å²) in [5, 5.41) is 3.64. The van der Waals surface area contributed by atoms with Crippen LogP contribution in [0.3, 0.4) is 0 Å². The molecule has 0 amide bonds. The quantitative estimate of drug-likeness (QED) is 0.851. The van der Waals surface area contributed by atoms with Gasteiger partial charge in [0.2, 0.25) is 0 Å². The molecule has 0 radical (unpaired) electrons. The predicted molar refractivity (Wildman–Crippen MR) is 78.9 cm³/mol. The Labute approximate surface area is 119 Å². The molecule has 0 aliphatic heterocycles. The van der Waals surface area contributed by atoms with Gasteiger partial charge in [-0.1, -0.05) is 48.6 Å². The van der Waals surface area contributed by atoms with Crippen LogP contribution in [0.25, 0.3) is 0 Å². The molecule has 0 aromatic heterocycles. The van der Waals surface area contributed by atoms with E-state index in [0.29, 0.717) is 29.6 Å². The molecule has 2 bridgehead atoms. The van der Waals surface area contributed by atoms with E-state index in [4.69, 9.17) is 0 Å². The Kier molecular flexibility index (Phi) is 2.85. The van der Waals surface area contributed by atoms with Crippen LogP contribution >= 0.6 is 0 Å². The second-order valence-electron chi connectivity index (χ2n) is 6.21. The Bertz CT molecular complexity index is 574. The molecule has 2 nitrogen and oxygen atoms in total. The van der Waals surface area contributed by atoms with Crippen LogP contribution in [-0.2, 0) is 11.3 Å². The number of ketones is 1. The predicted octanol–water partition coefficient (Wildman–Crippen LogP) is 2.72. The number of nitrogens with one attached hydrogen (secondary N) is 1. The highest BCUT2D eigenvalue weighted by Crippen LogP contribution is 2.51. The van der Waals surface area contributed by atoms with Gasteiger partial charge in [-0.05, 0) is 35.8 Å². The molecule has 1 aromatic rings. The van der Waals surface area contributed by atoms with Crippen LogP contribution in [0.1, 0.15) is 12.0 Å². The summed E-state index contributed by atoms with van der Waals surface area (Å²) in [6, 6.07) is 10.8. The van der Waals surface area contributed by atoms with Crippen LogP contribution in [0, 0.1) is 23.7 Å². The molecule has 1 fully saturated rings. The van der Waals surface area contributed by atoms with Crippen molar-refractivity contribution in [2.75, 3.05) is 0 Å². The Morgan fingerprint density at radius 3 is 2.70 bits per heavy atom. The maximum Gasteiger partial charge on any atom is 0.159 e. The summed E-state index contributed by atoms with van der Waals surface area (Å²) in [6.07, 6.45) is 9.65. The average Bonchev–Trinajstić information content (AvgIpc) is 3.10. The van der Waals surface area contributed by atoms with Crippen molar-refractivity contribution in [1.29, 1.82) is 0 Å². The van der Waals surface area contributed by atoms with E-state index in [1.54, 1.807) is 6.08 Å². The van der Waals surface area contributed by atoms with Gasteiger partial charge in [0, 0.05) is 18.5 Å². The number of allylic oxidation sites excluding steroid dienone is 3. The number of hydrogen-bond donors (Lipinski definition) is 1. The number of carbonyl (C=O) groups is 1. The van der Waals surface area contributed by atoms with Crippen molar-refractivity contribution in [3.05, 3.63) is 60.2 Å². The molecule has 102 valence electrons. The fourth-order valence-corrected chi connectivity index (χ4v) is 4.22. The first-order valence-corrected chi connectivity index (χ1v) is 7.50. The largest absolute Gasteiger partial charge is 0.306 e. The third kappa shape index (κ3) is 1.87. The lowest BCUT2D eigenvalue weighted by atomic mass is 9.73. The van der Waals surface area contributed by atoms with Gasteiger partial charge in [-0.25, -0.2) is 0 Å². The zero-order chi connectivity index (χ0) is 13.5. The molecule has 4 rings (SSSR count). The van der Waals surface area contributed by atoms with Crippen molar-refractivity contribution >= 4 is 5.78 Å². The van der Waals surface area contributed by atoms with Crippen LogP contribution in [-0.4, -0.2) is 11.8 Å². The maximum atomic E-state index is 12.1. The van der Waals surface area contributed by atoms with Gasteiger partial charge in [0.1, 0.15) is 0 Å². The Morgan fingerprint density at radius 2 is 1.85 bits per heavy atom. The molecular formula is C18H19NO. The van der Waals surface area contributed by atoms with Crippen molar-refractivity contribution in [1.82, 2.24) is 5.32 Å². The van der Waals surface area contributed by atoms with E-state index in [-0.39, 0.29) is 5.92 Å². The highest BCUT2D eigenvalue weighted by atomic mass is 16.1. The topological polar surface area (TPSA) is 29.1 Å². The summed E-state index contributed by atoms with van der Waals surface area (Å²) in [6.45, 7) is 0.869. The summed E-state index contributed by atoms with van der Waals surface area (Å²) in [7, 11) is 0. The highest BCUT2D eigenvalue weighted by molar-refractivity contribution is 5.94. The Balaban J connectivity index is 1.52. The molecular weight excluding hydrogens is 246 g/mol. The van der Waals surface area contributed by atoms with E-state index >= 15 is 0 Å². The summed E-state index contributed by atoms with van der Waals surface area (Å²) < 4.78 is 0. The van der Waals surface area contributed by atoms with Gasteiger partial charge < -0.3 is 5.32 Å². The molecule has 20 heavy (non-hydrogen) atoms. The van der Waals surface area contributed by atoms with Gasteiger partial charge in [0.05, 0.1) is 0 Å². The molecule has 1 saturated carbocycles. The number of fused-ring (bicyclic) bond motifs is 5. The van der Waals surface area contributed by atoms with E-state index in [1.165, 1.54) is 12.0 Å². The normalized spacial score (nSPS) is 37.4. The molecule has 3 aliphatic carbocycles. The number of benzene rings is 1. The summed E-state index contributed by atoms with van der Waals surface area (Å²) in [4.78, 5) is 12.1. The zero-order valence-electron chi connectivity index (χ0n) is 11.4. The van der Waals surface area contributed by atoms with Crippen molar-refractivity contribution in [2.45, 2.75) is 19.0 Å². The van der Waals surface area contributed by atoms with E-state index in [2.05, 4.69) is 47.8 Å². The molecule has 0 unspecified atom stereocenters. The van der Waals surface area contributed by atoms with Gasteiger partial charge in [0.25, 0.3) is 0 Å². The number of hydrogen-bond acceptors (Lipinski definition) is 2. The minimum absolute atomic E-state index is 0.225. The van der Waals surface area contributed by atoms with Crippen LogP contribution in [0.2, 0.25) is 0 Å². The smallest absolute Gasteiger partial charge is 0.159 e. The van der Waals surface area contributed by atoms with Crippen molar-refractivity contribution in [3.8, 4) is 0 Å². The molecule has 1 N–H and O–H groups in total. The first kappa shape index (κ1) is 12.1. The standard InChI is InChI=1S/C18H19NO/c20-16-9-8-15(19-11-12-4-2-1-3-5-12)17-13-6-7-14(10-13)18(16)17/h1-9,13-15,17-19H,10-11H2/t13-,14+,15+,17-,18+/m1/s1. The lowest BCUT2D eigenvalue weighted by Crippen LogP contribution is -2.44. The van der Waals surface area contributed by atoms with E-state index in [9.17, 15) is 4.79 Å². The molecule has 3 aliphatic rings. The first-order valence-electron chi connectivity index (χ1n) is 7.50. The van der Waals surface area contributed by atoms with Crippen molar-refractivity contribution < 1.29 is 4.79 Å². The Morgan fingerprint density at radius 1 is 1.05 bits per heavy atom. The number of rotatable bonds is 3. The molecule has 1 aromatic carbocycles. The van der Waals surface area contributed by atoms with Crippen LogP contribution in [0.4, 0.5) is 0 Å². The lowest BCUT2D eigenvalue weighted by molar-refractivity contribution is -0.121. The van der Waals surface area contributed by atoms with Crippen LogP contribution < -0.4 is 5.32 Å². The van der Waals surface area contributed by atoms with Gasteiger partial charge in [0.15, 0.2) is 5.78 Å². The third-order valence-corrected chi connectivity index (χ3v) is 5.12. The zero-order valence-corrected chi connectivity index (χ0v) is 11.4. The van der Waals surface area contributed by atoms with Crippen LogP contribution in [0.15, 0.2) is 54.6 Å². The average molecular weight is 265 g/mol. The highest BCUT2D eigenvalue weighted by Gasteiger charge is 2.51. The van der Waals surface area contributed by atoms with Crippen molar-refractivity contribution in [3.63, 3.8) is 0 Å². The second kappa shape index (κ2) is 4.71. The lowest BCUT2D eigenvalue weighted by Gasteiger charge is -2.35. The maximum absolute atomic E-state index is 12.1. The minimum Gasteiger partial charge on any atom is -0.306 e.